The highest BCUT2D eigenvalue weighted by molar-refractivity contribution is 5.71. The Morgan fingerprint density at radius 3 is 3.08 bits per heavy atom. The van der Waals surface area contributed by atoms with E-state index in [1.165, 1.54) is 18.4 Å². The average molecular weight is 173 g/mol. The van der Waals surface area contributed by atoms with Crippen LogP contribution in [0.5, 0.6) is 0 Å². The van der Waals surface area contributed by atoms with Crippen molar-refractivity contribution >= 4 is 11.2 Å². The standard InChI is InChI=1S/C10H11N3/c1-7-12-10-9(3-2-6-11-10)13(7)8-4-5-8/h2-3,6,8H,4-5H2,1H3. The first-order chi connectivity index (χ1) is 6.36. The quantitative estimate of drug-likeness (QED) is 0.661. The minimum Gasteiger partial charge on any atom is -0.324 e. The Morgan fingerprint density at radius 2 is 2.31 bits per heavy atom. The predicted octanol–water partition coefficient (Wildman–Crippen LogP) is 2.07. The number of aromatic nitrogens is 3. The number of hydrogen-bond acceptors (Lipinski definition) is 2. The number of fused-ring (bicyclic) bond motifs is 1. The summed E-state index contributed by atoms with van der Waals surface area (Å²) >= 11 is 0. The molecule has 0 radical (unpaired) electrons. The largest absolute Gasteiger partial charge is 0.324 e. The summed E-state index contributed by atoms with van der Waals surface area (Å²) in [6.45, 7) is 2.06. The summed E-state index contributed by atoms with van der Waals surface area (Å²) in [7, 11) is 0. The molecule has 0 atom stereocenters. The van der Waals surface area contributed by atoms with Crippen molar-refractivity contribution in [2.45, 2.75) is 25.8 Å². The van der Waals surface area contributed by atoms with E-state index in [2.05, 4.69) is 27.5 Å². The Labute approximate surface area is 76.4 Å². The van der Waals surface area contributed by atoms with Gasteiger partial charge in [0.15, 0.2) is 5.65 Å². The lowest BCUT2D eigenvalue weighted by atomic mass is 10.4. The van der Waals surface area contributed by atoms with E-state index in [1.807, 2.05) is 6.07 Å². The van der Waals surface area contributed by atoms with Crippen molar-refractivity contribution in [3.8, 4) is 0 Å². The van der Waals surface area contributed by atoms with Gasteiger partial charge in [0.2, 0.25) is 0 Å². The van der Waals surface area contributed by atoms with E-state index in [4.69, 9.17) is 0 Å². The van der Waals surface area contributed by atoms with Crippen LogP contribution in [0.3, 0.4) is 0 Å². The molecule has 0 saturated heterocycles. The van der Waals surface area contributed by atoms with Gasteiger partial charge in [-0.2, -0.15) is 0 Å². The molecule has 3 nitrogen and oxygen atoms in total. The van der Waals surface area contributed by atoms with Crippen LogP contribution in [0.2, 0.25) is 0 Å². The number of hydrogen-bond donors (Lipinski definition) is 0. The highest BCUT2D eigenvalue weighted by Crippen LogP contribution is 2.37. The average Bonchev–Trinajstić information content (AvgIpc) is 2.88. The van der Waals surface area contributed by atoms with Crippen molar-refractivity contribution in [1.29, 1.82) is 0 Å². The molecule has 0 aromatic carbocycles. The molecule has 1 saturated carbocycles. The molecule has 2 aromatic heterocycles. The van der Waals surface area contributed by atoms with E-state index in [9.17, 15) is 0 Å². The van der Waals surface area contributed by atoms with E-state index >= 15 is 0 Å². The first-order valence-corrected chi connectivity index (χ1v) is 4.66. The van der Waals surface area contributed by atoms with Crippen LogP contribution in [0.1, 0.15) is 24.7 Å². The Bertz CT molecular complexity index is 454. The highest BCUT2D eigenvalue weighted by atomic mass is 15.1. The summed E-state index contributed by atoms with van der Waals surface area (Å²) in [4.78, 5) is 8.67. The fourth-order valence-corrected chi connectivity index (χ4v) is 1.84. The SMILES string of the molecule is Cc1nc2ncccc2n1C1CC1. The lowest BCUT2D eigenvalue weighted by Crippen LogP contribution is -1.95. The molecule has 3 rings (SSSR count). The van der Waals surface area contributed by atoms with Crippen molar-refractivity contribution in [1.82, 2.24) is 14.5 Å². The van der Waals surface area contributed by atoms with Crippen molar-refractivity contribution < 1.29 is 0 Å². The summed E-state index contributed by atoms with van der Waals surface area (Å²) in [5, 5.41) is 0. The van der Waals surface area contributed by atoms with Crippen molar-refractivity contribution in [2.75, 3.05) is 0 Å². The third-order valence-corrected chi connectivity index (χ3v) is 2.55. The fourth-order valence-electron chi connectivity index (χ4n) is 1.84. The lowest BCUT2D eigenvalue weighted by Gasteiger charge is -2.02. The van der Waals surface area contributed by atoms with Crippen molar-refractivity contribution in [2.24, 2.45) is 0 Å². The summed E-state index contributed by atoms with van der Waals surface area (Å²) in [5.41, 5.74) is 2.06. The zero-order valence-electron chi connectivity index (χ0n) is 7.57. The first kappa shape index (κ1) is 7.06. The third-order valence-electron chi connectivity index (χ3n) is 2.55. The topological polar surface area (TPSA) is 30.7 Å². The van der Waals surface area contributed by atoms with Gasteiger partial charge in [0.05, 0.1) is 5.52 Å². The molecule has 3 heteroatoms. The number of nitrogens with zero attached hydrogens (tertiary/aromatic N) is 3. The van der Waals surface area contributed by atoms with Gasteiger partial charge in [-0.15, -0.1) is 0 Å². The van der Waals surface area contributed by atoms with Crippen LogP contribution in [0.15, 0.2) is 18.3 Å². The minimum atomic E-state index is 0.689. The van der Waals surface area contributed by atoms with Gasteiger partial charge < -0.3 is 4.57 Å². The summed E-state index contributed by atoms with van der Waals surface area (Å²) in [6.07, 6.45) is 4.38. The molecular formula is C10H11N3. The number of aryl methyl sites for hydroxylation is 1. The molecule has 1 aliphatic carbocycles. The predicted molar refractivity (Wildman–Crippen MR) is 50.5 cm³/mol. The maximum atomic E-state index is 4.43. The second-order valence-corrected chi connectivity index (χ2v) is 3.61. The van der Waals surface area contributed by atoms with E-state index in [-0.39, 0.29) is 0 Å². The number of pyridine rings is 1. The summed E-state index contributed by atoms with van der Waals surface area (Å²) in [6, 6.07) is 4.76. The van der Waals surface area contributed by atoms with Gasteiger partial charge in [-0.3, -0.25) is 0 Å². The molecule has 66 valence electrons. The Kier molecular flexibility index (Phi) is 1.26. The number of imidazole rings is 1. The maximum absolute atomic E-state index is 4.43. The molecule has 1 aliphatic rings. The molecule has 1 fully saturated rings. The fraction of sp³-hybridized carbons (Fsp3) is 0.400. The van der Waals surface area contributed by atoms with Crippen molar-refractivity contribution in [3.05, 3.63) is 24.2 Å². The summed E-state index contributed by atoms with van der Waals surface area (Å²) in [5.74, 6) is 1.09. The second-order valence-electron chi connectivity index (χ2n) is 3.61. The minimum absolute atomic E-state index is 0.689. The number of rotatable bonds is 1. The van der Waals surface area contributed by atoms with Crippen LogP contribution in [0.4, 0.5) is 0 Å². The molecule has 0 amide bonds. The summed E-state index contributed by atoms with van der Waals surface area (Å²) < 4.78 is 2.31. The molecule has 13 heavy (non-hydrogen) atoms. The van der Waals surface area contributed by atoms with E-state index in [1.54, 1.807) is 6.20 Å². The third kappa shape index (κ3) is 0.963. The van der Waals surface area contributed by atoms with Crippen LogP contribution in [0, 0.1) is 6.92 Å². The molecule has 0 spiro atoms. The highest BCUT2D eigenvalue weighted by Gasteiger charge is 2.26. The van der Waals surface area contributed by atoms with Crippen LogP contribution >= 0.6 is 0 Å². The lowest BCUT2D eigenvalue weighted by molar-refractivity contribution is 0.734. The van der Waals surface area contributed by atoms with Crippen LogP contribution in [-0.2, 0) is 0 Å². The van der Waals surface area contributed by atoms with Gasteiger partial charge in [0.25, 0.3) is 0 Å². The van der Waals surface area contributed by atoms with E-state index in [0.717, 1.165) is 11.5 Å². The molecule has 0 aliphatic heterocycles. The Balaban J connectivity index is 2.35. The van der Waals surface area contributed by atoms with Crippen molar-refractivity contribution in [3.63, 3.8) is 0 Å². The van der Waals surface area contributed by atoms with Gasteiger partial charge in [-0.05, 0) is 31.9 Å². The van der Waals surface area contributed by atoms with Crippen LogP contribution in [0.25, 0.3) is 11.2 Å². The van der Waals surface area contributed by atoms with E-state index in [0.29, 0.717) is 6.04 Å². The van der Waals surface area contributed by atoms with Crippen LogP contribution < -0.4 is 0 Å². The van der Waals surface area contributed by atoms with Crippen LogP contribution in [-0.4, -0.2) is 14.5 Å². The van der Waals surface area contributed by atoms with Gasteiger partial charge in [0, 0.05) is 12.2 Å². The maximum Gasteiger partial charge on any atom is 0.177 e. The molecule has 2 heterocycles. The zero-order valence-corrected chi connectivity index (χ0v) is 7.57. The van der Waals surface area contributed by atoms with Gasteiger partial charge in [0.1, 0.15) is 5.82 Å². The first-order valence-electron chi connectivity index (χ1n) is 4.66. The molecular weight excluding hydrogens is 162 g/mol. The van der Waals surface area contributed by atoms with E-state index < -0.39 is 0 Å². The molecule has 2 aromatic rings. The molecule has 0 N–H and O–H groups in total. The molecule has 0 unspecified atom stereocenters. The Morgan fingerprint density at radius 1 is 1.46 bits per heavy atom. The zero-order chi connectivity index (χ0) is 8.84. The molecule has 0 bridgehead atoms. The van der Waals surface area contributed by atoms with Gasteiger partial charge >= 0.3 is 0 Å². The smallest absolute Gasteiger partial charge is 0.177 e. The monoisotopic (exact) mass is 173 g/mol. The Hall–Kier alpha value is -1.38. The van der Waals surface area contributed by atoms with Gasteiger partial charge in [-0.1, -0.05) is 0 Å². The second kappa shape index (κ2) is 2.31. The normalized spacial score (nSPS) is 16.7. The van der Waals surface area contributed by atoms with Gasteiger partial charge in [-0.25, -0.2) is 9.97 Å².